The van der Waals surface area contributed by atoms with Crippen molar-refractivity contribution in [2.75, 3.05) is 56.0 Å². The lowest BCUT2D eigenvalue weighted by atomic mass is 9.86. The third-order valence-corrected chi connectivity index (χ3v) is 6.73. The summed E-state index contributed by atoms with van der Waals surface area (Å²) in [5, 5.41) is 10.1. The van der Waals surface area contributed by atoms with Gasteiger partial charge in [0.1, 0.15) is 0 Å². The van der Waals surface area contributed by atoms with Crippen LogP contribution >= 0.6 is 0 Å². The standard InChI is InChI=1S/C28H33N3O2/c1-7-31(8-2)20-11-14-22-25(17-20)24-15-18(29(3)4)9-12-21(24)27(22)23-13-10-19(30(5)6)16-26(23)28(32)33/h9-17,27H,7-8H2,1-6H3,(H,32,33). The van der Waals surface area contributed by atoms with Gasteiger partial charge in [0.25, 0.3) is 0 Å². The molecular formula is C28H33N3O2. The highest BCUT2D eigenvalue weighted by Gasteiger charge is 2.33. The number of rotatable bonds is 7. The van der Waals surface area contributed by atoms with Crippen molar-refractivity contribution in [2.24, 2.45) is 0 Å². The van der Waals surface area contributed by atoms with E-state index in [4.69, 9.17) is 0 Å². The molecule has 5 nitrogen and oxygen atoms in total. The second kappa shape index (κ2) is 8.81. The zero-order valence-corrected chi connectivity index (χ0v) is 20.4. The van der Waals surface area contributed by atoms with Gasteiger partial charge < -0.3 is 19.8 Å². The van der Waals surface area contributed by atoms with E-state index < -0.39 is 5.97 Å². The second-order valence-electron chi connectivity index (χ2n) is 9.01. The number of benzene rings is 3. The van der Waals surface area contributed by atoms with Gasteiger partial charge in [-0.25, -0.2) is 4.79 Å². The number of nitrogens with zero attached hydrogens (tertiary/aromatic N) is 3. The van der Waals surface area contributed by atoms with E-state index in [2.05, 4.69) is 60.0 Å². The number of carboxylic acids is 1. The van der Waals surface area contributed by atoms with E-state index in [0.29, 0.717) is 5.56 Å². The topological polar surface area (TPSA) is 47.0 Å². The molecule has 1 aliphatic carbocycles. The Bertz CT molecular complexity index is 1200. The lowest BCUT2D eigenvalue weighted by molar-refractivity contribution is 0.0695. The largest absolute Gasteiger partial charge is 0.478 e. The Morgan fingerprint density at radius 2 is 1.18 bits per heavy atom. The minimum absolute atomic E-state index is 0.112. The molecule has 0 radical (unpaired) electrons. The molecule has 0 aliphatic heterocycles. The lowest BCUT2D eigenvalue weighted by Crippen LogP contribution is -2.21. The SMILES string of the molecule is CCN(CC)c1ccc2c(c1)-c1cc(N(C)C)ccc1C2c1ccc(N(C)C)cc1C(=O)O. The first kappa shape index (κ1) is 22.7. The molecule has 1 N–H and O–H groups in total. The van der Waals surface area contributed by atoms with Crippen LogP contribution in [0.2, 0.25) is 0 Å². The molecule has 1 atom stereocenters. The van der Waals surface area contributed by atoms with Gasteiger partial charge in [0, 0.05) is 64.3 Å². The molecule has 0 heterocycles. The van der Waals surface area contributed by atoms with Crippen molar-refractivity contribution in [3.8, 4) is 11.1 Å². The molecule has 4 rings (SSSR count). The Labute approximate surface area is 196 Å². The normalized spacial score (nSPS) is 13.9. The molecule has 0 saturated heterocycles. The summed E-state index contributed by atoms with van der Waals surface area (Å²) < 4.78 is 0. The highest BCUT2D eigenvalue weighted by Crippen LogP contribution is 2.51. The fourth-order valence-electron chi connectivity index (χ4n) is 4.88. The fourth-order valence-corrected chi connectivity index (χ4v) is 4.88. The van der Waals surface area contributed by atoms with Crippen LogP contribution < -0.4 is 14.7 Å². The molecule has 1 aliphatic rings. The van der Waals surface area contributed by atoms with Crippen LogP contribution in [0.15, 0.2) is 54.6 Å². The molecule has 3 aromatic carbocycles. The van der Waals surface area contributed by atoms with E-state index in [0.717, 1.165) is 41.2 Å². The Hall–Kier alpha value is -3.47. The van der Waals surface area contributed by atoms with Gasteiger partial charge in [-0.05, 0) is 78.1 Å². The molecule has 0 amide bonds. The van der Waals surface area contributed by atoms with Gasteiger partial charge in [0.15, 0.2) is 0 Å². The number of carboxylic acid groups (broad SMARTS) is 1. The van der Waals surface area contributed by atoms with Crippen molar-refractivity contribution >= 4 is 23.0 Å². The van der Waals surface area contributed by atoms with Gasteiger partial charge in [-0.1, -0.05) is 18.2 Å². The molecular weight excluding hydrogens is 410 g/mol. The Morgan fingerprint density at radius 1 is 0.727 bits per heavy atom. The smallest absolute Gasteiger partial charge is 0.336 e. The van der Waals surface area contributed by atoms with Crippen molar-refractivity contribution in [2.45, 2.75) is 19.8 Å². The first-order valence-corrected chi connectivity index (χ1v) is 11.5. The van der Waals surface area contributed by atoms with E-state index in [1.165, 1.54) is 16.8 Å². The number of aromatic carboxylic acids is 1. The predicted molar refractivity (Wildman–Crippen MR) is 138 cm³/mol. The zero-order chi connectivity index (χ0) is 23.9. The molecule has 172 valence electrons. The van der Waals surface area contributed by atoms with Crippen LogP contribution in [0.1, 0.15) is 46.8 Å². The van der Waals surface area contributed by atoms with E-state index in [1.807, 2.05) is 45.2 Å². The monoisotopic (exact) mass is 443 g/mol. The highest BCUT2D eigenvalue weighted by molar-refractivity contribution is 5.93. The second-order valence-corrected chi connectivity index (χ2v) is 9.01. The zero-order valence-electron chi connectivity index (χ0n) is 20.4. The summed E-state index contributed by atoms with van der Waals surface area (Å²) >= 11 is 0. The quantitative estimate of drug-likeness (QED) is 0.407. The van der Waals surface area contributed by atoms with E-state index in [-0.39, 0.29) is 5.92 Å². The van der Waals surface area contributed by atoms with Crippen molar-refractivity contribution in [3.05, 3.63) is 76.9 Å². The number of carbonyl (C=O) groups is 1. The summed E-state index contributed by atoms with van der Waals surface area (Å²) in [6.45, 7) is 6.23. The maximum atomic E-state index is 12.3. The molecule has 0 aromatic heterocycles. The first-order valence-electron chi connectivity index (χ1n) is 11.5. The van der Waals surface area contributed by atoms with E-state index in [1.54, 1.807) is 6.07 Å². The Kier molecular flexibility index (Phi) is 6.07. The van der Waals surface area contributed by atoms with Crippen molar-refractivity contribution in [1.82, 2.24) is 0 Å². The number of hydrogen-bond acceptors (Lipinski definition) is 4. The van der Waals surface area contributed by atoms with Crippen LogP contribution in [0, 0.1) is 0 Å². The van der Waals surface area contributed by atoms with Gasteiger partial charge in [-0.2, -0.15) is 0 Å². The third-order valence-electron chi connectivity index (χ3n) is 6.73. The van der Waals surface area contributed by atoms with Crippen LogP contribution in [-0.2, 0) is 0 Å². The predicted octanol–water partition coefficient (Wildman–Crippen LogP) is 5.52. The van der Waals surface area contributed by atoms with Crippen LogP contribution in [0.5, 0.6) is 0 Å². The summed E-state index contributed by atoms with van der Waals surface area (Å²) in [7, 11) is 7.95. The molecule has 0 bridgehead atoms. The fraction of sp³-hybridized carbons (Fsp3) is 0.321. The maximum absolute atomic E-state index is 12.3. The van der Waals surface area contributed by atoms with Gasteiger partial charge >= 0.3 is 5.97 Å². The molecule has 33 heavy (non-hydrogen) atoms. The average Bonchev–Trinajstić information content (AvgIpc) is 3.12. The number of anilines is 3. The van der Waals surface area contributed by atoms with Crippen LogP contribution in [0.3, 0.4) is 0 Å². The average molecular weight is 444 g/mol. The van der Waals surface area contributed by atoms with Crippen LogP contribution in [0.25, 0.3) is 11.1 Å². The molecule has 1 unspecified atom stereocenters. The van der Waals surface area contributed by atoms with Crippen molar-refractivity contribution in [3.63, 3.8) is 0 Å². The lowest BCUT2D eigenvalue weighted by Gasteiger charge is -2.23. The molecule has 5 heteroatoms. The number of fused-ring (bicyclic) bond motifs is 3. The van der Waals surface area contributed by atoms with E-state index >= 15 is 0 Å². The Morgan fingerprint density at radius 3 is 1.67 bits per heavy atom. The minimum Gasteiger partial charge on any atom is -0.478 e. The van der Waals surface area contributed by atoms with Gasteiger partial charge in [0.05, 0.1) is 5.56 Å². The summed E-state index contributed by atoms with van der Waals surface area (Å²) in [4.78, 5) is 18.7. The molecule has 3 aromatic rings. The van der Waals surface area contributed by atoms with E-state index in [9.17, 15) is 9.90 Å². The van der Waals surface area contributed by atoms with Crippen molar-refractivity contribution in [1.29, 1.82) is 0 Å². The molecule has 0 saturated carbocycles. The van der Waals surface area contributed by atoms with Gasteiger partial charge in [-0.15, -0.1) is 0 Å². The van der Waals surface area contributed by atoms with Gasteiger partial charge in [0.2, 0.25) is 0 Å². The first-order chi connectivity index (χ1) is 15.8. The maximum Gasteiger partial charge on any atom is 0.336 e. The molecule has 0 spiro atoms. The minimum atomic E-state index is -0.895. The van der Waals surface area contributed by atoms with Gasteiger partial charge in [-0.3, -0.25) is 0 Å². The van der Waals surface area contributed by atoms with Crippen LogP contribution in [-0.4, -0.2) is 52.4 Å². The Balaban J connectivity index is 1.97. The highest BCUT2D eigenvalue weighted by atomic mass is 16.4. The van der Waals surface area contributed by atoms with Crippen molar-refractivity contribution < 1.29 is 9.90 Å². The third kappa shape index (κ3) is 3.92. The summed E-state index contributed by atoms with van der Waals surface area (Å²) in [5.41, 5.74) is 9.10. The summed E-state index contributed by atoms with van der Waals surface area (Å²) in [6, 6.07) is 18.9. The van der Waals surface area contributed by atoms with Crippen LogP contribution in [0.4, 0.5) is 17.1 Å². The number of hydrogen-bond donors (Lipinski definition) is 1. The summed E-state index contributed by atoms with van der Waals surface area (Å²) in [5.74, 6) is -1.01. The summed E-state index contributed by atoms with van der Waals surface area (Å²) in [6.07, 6.45) is 0. The molecule has 0 fully saturated rings.